The van der Waals surface area contributed by atoms with Crippen molar-refractivity contribution in [2.75, 3.05) is 17.7 Å². The van der Waals surface area contributed by atoms with Gasteiger partial charge in [0.2, 0.25) is 12.2 Å². The summed E-state index contributed by atoms with van der Waals surface area (Å²) in [6, 6.07) is 0. The van der Waals surface area contributed by atoms with Crippen molar-refractivity contribution in [1.29, 1.82) is 0 Å². The molecule has 2 aliphatic heterocycles. The fraction of sp³-hybridized carbons (Fsp3) is 0.526. The first kappa shape index (κ1) is 35.7. The van der Waals surface area contributed by atoms with Gasteiger partial charge in [0.25, 0.3) is 5.91 Å². The van der Waals surface area contributed by atoms with E-state index in [1.165, 1.54) is 22.2 Å². The predicted molar refractivity (Wildman–Crippen MR) is 162 cm³/mol. The topological polar surface area (TPSA) is 302 Å². The van der Waals surface area contributed by atoms with Gasteiger partial charge in [0, 0.05) is 5.41 Å². The van der Waals surface area contributed by atoms with Crippen LogP contribution >= 0.6 is 63.0 Å². The Bertz CT molecular complexity index is 1880. The third kappa shape index (κ3) is 8.00. The molecule has 7 atom stereocenters. The summed E-state index contributed by atoms with van der Waals surface area (Å²) in [6.07, 6.45) is -5.05. The number of phosphoric ester groups is 1. The maximum Gasteiger partial charge on any atom is 0.490 e. The number of nitrogens with two attached hydrogens (primary N) is 1. The number of anilines is 2. The molecule has 2 saturated heterocycles. The first-order valence-corrected chi connectivity index (χ1v) is 19.1. The van der Waals surface area contributed by atoms with Crippen molar-refractivity contribution in [2.24, 2.45) is 0 Å². The minimum atomic E-state index is -5.78. The molecule has 1 amide bonds. The maximum atomic E-state index is 13.2. The van der Waals surface area contributed by atoms with Gasteiger partial charge in [-0.15, -0.1) is 0 Å². The van der Waals surface area contributed by atoms with Gasteiger partial charge in [-0.2, -0.15) is 13.6 Å². The lowest BCUT2D eigenvalue weighted by molar-refractivity contribution is -0.166. The van der Waals surface area contributed by atoms with Crippen LogP contribution in [0.15, 0.2) is 10.1 Å². The van der Waals surface area contributed by atoms with E-state index in [0.29, 0.717) is 9.48 Å². The lowest BCUT2D eigenvalue weighted by atomic mass is 9.93. The zero-order valence-electron chi connectivity index (χ0n) is 23.4. The number of H-pyrrole nitrogens is 1. The maximum absolute atomic E-state index is 13.2. The van der Waals surface area contributed by atoms with Gasteiger partial charge < -0.3 is 44.5 Å². The Kier molecular flexibility index (Phi) is 9.88. The van der Waals surface area contributed by atoms with Crippen molar-refractivity contribution in [3.63, 3.8) is 0 Å². The van der Waals surface area contributed by atoms with Crippen LogP contribution in [0.2, 0.25) is 0 Å². The summed E-state index contributed by atoms with van der Waals surface area (Å²) in [4.78, 5) is 65.7. The van der Waals surface area contributed by atoms with E-state index in [0.717, 1.165) is 0 Å². The largest absolute Gasteiger partial charge is 0.490 e. The number of hydrogen-bond acceptors (Lipinski definition) is 16. The van der Waals surface area contributed by atoms with E-state index in [1.807, 2.05) is 20.8 Å². The van der Waals surface area contributed by atoms with Gasteiger partial charge in [0.1, 0.15) is 28.5 Å². The minimum Gasteiger partial charge on any atom is -0.369 e. The molecule has 5 heterocycles. The molecule has 0 aromatic carbocycles. The van der Waals surface area contributed by atoms with E-state index in [1.54, 1.807) is 0 Å². The highest BCUT2D eigenvalue weighted by Gasteiger charge is 2.56. The monoisotopic (exact) mass is 811 g/mol. The quantitative estimate of drug-likeness (QED) is 0.114. The molecule has 3 aromatic rings. The second-order valence-electron chi connectivity index (χ2n) is 10.6. The van der Waals surface area contributed by atoms with Crippen molar-refractivity contribution in [1.82, 2.24) is 24.5 Å². The van der Waals surface area contributed by atoms with Crippen LogP contribution in [-0.4, -0.2) is 81.2 Å². The molecule has 3 aromatic heterocycles. The molecule has 0 spiro atoms. The number of thiazole rings is 1. The smallest absolute Gasteiger partial charge is 0.369 e. The molecule has 0 radical (unpaired) electrons. The second-order valence-corrected chi connectivity index (χ2v) is 17.8. The third-order valence-electron chi connectivity index (χ3n) is 6.13. The van der Waals surface area contributed by atoms with E-state index < -0.39 is 66.8 Å². The number of phosphoric acid groups is 3. The van der Waals surface area contributed by atoms with E-state index in [4.69, 9.17) is 46.5 Å². The Balaban J connectivity index is 1.38. The zero-order valence-corrected chi connectivity index (χ0v) is 29.3. The number of carbonyl (C=O) groups is 1. The number of nitrogen functional groups attached to an aromatic ring is 1. The fourth-order valence-corrected chi connectivity index (χ4v) is 9.73. The SMILES string of the molecule is CC(C)(C)c1nc(NC(=O)[C@@H]2OC3C(COP(=O)(O)OP(=O)(O)OP(=O)(O)O)OC(n4cnc5c(=S)[nH]c(N)nc54)C3O2)sc1Br. The number of carbonyl (C=O) groups excluding carboxylic acids is 1. The molecule has 0 bridgehead atoms. The van der Waals surface area contributed by atoms with E-state index >= 15 is 0 Å². The summed E-state index contributed by atoms with van der Waals surface area (Å²) in [5.74, 6) is -0.801. The number of aromatic nitrogens is 5. The van der Waals surface area contributed by atoms with Crippen molar-refractivity contribution >= 4 is 91.1 Å². The summed E-state index contributed by atoms with van der Waals surface area (Å²) in [6.45, 7) is 4.94. The summed E-state index contributed by atoms with van der Waals surface area (Å²) in [7, 11) is -16.9. The van der Waals surface area contributed by atoms with Gasteiger partial charge in [-0.25, -0.2) is 23.7 Å². The lowest BCUT2D eigenvalue weighted by Gasteiger charge is -2.22. The van der Waals surface area contributed by atoms with Crippen LogP contribution in [0.1, 0.15) is 32.7 Å². The van der Waals surface area contributed by atoms with Crippen molar-refractivity contribution in [3.05, 3.63) is 20.4 Å². The number of imidazole rings is 1. The van der Waals surface area contributed by atoms with Gasteiger partial charge in [0.15, 0.2) is 17.0 Å². The van der Waals surface area contributed by atoms with Crippen LogP contribution < -0.4 is 11.1 Å². The number of aromatic amines is 1. The van der Waals surface area contributed by atoms with E-state index in [2.05, 4.69) is 49.8 Å². The number of ether oxygens (including phenoxy) is 3. The van der Waals surface area contributed by atoms with Crippen molar-refractivity contribution in [3.8, 4) is 0 Å². The van der Waals surface area contributed by atoms with Crippen LogP contribution in [0.5, 0.6) is 0 Å². The Hall–Kier alpha value is -1.56. The minimum absolute atomic E-state index is 0.0527. The van der Waals surface area contributed by atoms with Crippen molar-refractivity contribution < 1.29 is 65.4 Å². The van der Waals surface area contributed by atoms with Crippen LogP contribution in [-0.2, 0) is 51.3 Å². The van der Waals surface area contributed by atoms with Crippen molar-refractivity contribution in [2.45, 2.75) is 57.0 Å². The molecular weight excluding hydrogens is 787 g/mol. The highest BCUT2D eigenvalue weighted by Crippen LogP contribution is 2.66. The molecule has 254 valence electrons. The number of amides is 1. The zero-order chi connectivity index (χ0) is 34.0. The lowest BCUT2D eigenvalue weighted by Crippen LogP contribution is -2.34. The van der Waals surface area contributed by atoms with Crippen LogP contribution in [0.4, 0.5) is 11.1 Å². The standard InChI is InChI=1S/C19H25BrN7O14P3S2/c1-19(2,3)10-11(20)46-18(23-10)25-13(28)16-38-8-6(4-36-43(32,33)41-44(34,35)40-42(29,30)31)37-15(9(8)39-16)27-5-22-7-12(27)24-17(21)26-14(7)45/h5-6,8-9,15-16H,4H2,1-3H3,(H,32,33)(H,34,35)(H,23,25,28)(H2,29,30,31)(H3,21,24,26,45)/t6?,8?,9?,15?,16-/m1/s1. The van der Waals surface area contributed by atoms with Crippen LogP contribution in [0.3, 0.4) is 0 Å². The molecular formula is C19H25BrN7O14P3S2. The number of nitrogens with zero attached hydrogens (tertiary/aromatic N) is 4. The number of halogens is 1. The highest BCUT2D eigenvalue weighted by molar-refractivity contribution is 9.11. The molecule has 27 heteroatoms. The number of nitrogens with one attached hydrogen (secondary N) is 2. The number of hydrogen-bond donors (Lipinski definition) is 7. The first-order valence-electron chi connectivity index (χ1n) is 12.6. The predicted octanol–water partition coefficient (Wildman–Crippen LogP) is 2.58. The normalized spacial score (nSPS) is 26.1. The molecule has 2 aliphatic rings. The number of rotatable bonds is 10. The molecule has 6 unspecified atom stereocenters. The van der Waals surface area contributed by atoms with Gasteiger partial charge in [-0.1, -0.05) is 44.3 Å². The Morgan fingerprint density at radius 2 is 1.83 bits per heavy atom. The van der Waals surface area contributed by atoms with E-state index in [9.17, 15) is 28.3 Å². The summed E-state index contributed by atoms with van der Waals surface area (Å²) >= 11 is 9.86. The molecule has 21 nitrogen and oxygen atoms in total. The average molecular weight is 812 g/mol. The average Bonchev–Trinajstić information content (AvgIpc) is 3.63. The van der Waals surface area contributed by atoms with E-state index in [-0.39, 0.29) is 32.3 Å². The van der Waals surface area contributed by atoms with Gasteiger partial charge in [-0.05, 0) is 15.9 Å². The molecule has 8 N–H and O–H groups in total. The van der Waals surface area contributed by atoms with Crippen LogP contribution in [0.25, 0.3) is 11.2 Å². The van der Waals surface area contributed by atoms with Gasteiger partial charge in [0.05, 0.1) is 22.4 Å². The molecule has 0 aliphatic carbocycles. The Morgan fingerprint density at radius 3 is 2.46 bits per heavy atom. The summed E-state index contributed by atoms with van der Waals surface area (Å²) < 4.78 is 67.3. The van der Waals surface area contributed by atoms with Crippen LogP contribution in [0, 0.1) is 4.64 Å². The van der Waals surface area contributed by atoms with Gasteiger partial charge in [-0.3, -0.25) is 19.2 Å². The molecule has 2 fully saturated rings. The third-order valence-corrected chi connectivity index (χ3v) is 11.8. The molecule has 46 heavy (non-hydrogen) atoms. The van der Waals surface area contributed by atoms with Gasteiger partial charge >= 0.3 is 23.5 Å². The summed E-state index contributed by atoms with van der Waals surface area (Å²) in [5.41, 5.74) is 6.57. The molecule has 0 saturated carbocycles. The molecule has 5 rings (SSSR count). The summed E-state index contributed by atoms with van der Waals surface area (Å²) in [5, 5.41) is 2.87. The Morgan fingerprint density at radius 1 is 1.15 bits per heavy atom. The first-order chi connectivity index (χ1) is 21.1. The number of fused-ring (bicyclic) bond motifs is 2. The Labute approximate surface area is 275 Å². The second kappa shape index (κ2) is 12.7. The highest BCUT2D eigenvalue weighted by atomic mass is 79.9. The fourth-order valence-electron chi connectivity index (χ4n) is 4.40.